The molecule has 2 rings (SSSR count). The van der Waals surface area contributed by atoms with Crippen molar-refractivity contribution in [2.75, 3.05) is 5.32 Å². The van der Waals surface area contributed by atoms with Crippen molar-refractivity contribution in [3.63, 3.8) is 0 Å². The Balaban J connectivity index is 2.05. The summed E-state index contributed by atoms with van der Waals surface area (Å²) in [5, 5.41) is 5.28. The maximum Gasteiger partial charge on any atom is 0.251 e. The van der Waals surface area contributed by atoms with Crippen molar-refractivity contribution in [2.24, 2.45) is 5.73 Å². The molecule has 25 heavy (non-hydrogen) atoms. The number of benzene rings is 2. The van der Waals surface area contributed by atoms with Crippen molar-refractivity contribution >= 4 is 23.4 Å². The van der Waals surface area contributed by atoms with Gasteiger partial charge in [-0.1, -0.05) is 29.8 Å². The molecule has 3 amide bonds. The molecule has 0 aliphatic carbocycles. The summed E-state index contributed by atoms with van der Waals surface area (Å²) in [7, 11) is 0. The third-order valence-electron chi connectivity index (χ3n) is 3.68. The van der Waals surface area contributed by atoms with Crippen LogP contribution in [0.5, 0.6) is 0 Å². The van der Waals surface area contributed by atoms with Gasteiger partial charge in [-0.25, -0.2) is 0 Å². The summed E-state index contributed by atoms with van der Waals surface area (Å²) in [4.78, 5) is 35.0. The highest BCUT2D eigenvalue weighted by molar-refractivity contribution is 5.98. The molecule has 2 aromatic carbocycles. The first-order valence-electron chi connectivity index (χ1n) is 7.88. The van der Waals surface area contributed by atoms with Crippen LogP contribution in [0, 0.1) is 6.92 Å². The molecule has 6 nitrogen and oxygen atoms in total. The van der Waals surface area contributed by atoms with E-state index in [4.69, 9.17) is 5.73 Å². The smallest absolute Gasteiger partial charge is 0.251 e. The van der Waals surface area contributed by atoms with Crippen molar-refractivity contribution in [3.05, 3.63) is 65.2 Å². The predicted molar refractivity (Wildman–Crippen MR) is 96.1 cm³/mol. The van der Waals surface area contributed by atoms with Gasteiger partial charge in [0.15, 0.2) is 0 Å². The van der Waals surface area contributed by atoms with E-state index < -0.39 is 17.9 Å². The Morgan fingerprint density at radius 2 is 1.60 bits per heavy atom. The summed E-state index contributed by atoms with van der Waals surface area (Å²) in [6, 6.07) is 13.3. The number of primary amides is 1. The van der Waals surface area contributed by atoms with E-state index in [-0.39, 0.29) is 5.91 Å². The number of aryl methyl sites for hydroxylation is 1. The normalized spacial score (nSPS) is 11.4. The van der Waals surface area contributed by atoms with Crippen molar-refractivity contribution < 1.29 is 14.4 Å². The van der Waals surface area contributed by atoms with Crippen molar-refractivity contribution in [2.45, 2.75) is 26.3 Å². The van der Waals surface area contributed by atoms with Crippen LogP contribution >= 0.6 is 0 Å². The van der Waals surface area contributed by atoms with E-state index in [1.54, 1.807) is 24.3 Å². The first-order chi connectivity index (χ1) is 11.8. The predicted octanol–water partition coefficient (Wildman–Crippen LogP) is 1.78. The Kier molecular flexibility index (Phi) is 5.89. The van der Waals surface area contributed by atoms with Gasteiger partial charge in [0.05, 0.1) is 0 Å². The number of nitrogens with two attached hydrogens (primary N) is 1. The number of carbonyl (C=O) groups is 3. The van der Waals surface area contributed by atoms with Gasteiger partial charge < -0.3 is 16.4 Å². The molecule has 130 valence electrons. The second-order valence-electron chi connectivity index (χ2n) is 5.88. The Labute approximate surface area is 146 Å². The summed E-state index contributed by atoms with van der Waals surface area (Å²) in [6.45, 7) is 3.38. The molecule has 0 heterocycles. The SMILES string of the molecule is CC(=O)Nc1ccc(C(=O)N[C@@H](Cc2ccc(C)cc2)C(N)=O)cc1. The van der Waals surface area contributed by atoms with Crippen LogP contribution in [0.1, 0.15) is 28.4 Å². The molecule has 6 heteroatoms. The van der Waals surface area contributed by atoms with E-state index >= 15 is 0 Å². The lowest BCUT2D eigenvalue weighted by molar-refractivity contribution is -0.119. The molecule has 0 radical (unpaired) electrons. The molecule has 0 unspecified atom stereocenters. The molecule has 0 spiro atoms. The molecule has 4 N–H and O–H groups in total. The molecular formula is C19H21N3O3. The third-order valence-corrected chi connectivity index (χ3v) is 3.68. The second-order valence-corrected chi connectivity index (χ2v) is 5.88. The molecule has 0 bridgehead atoms. The van der Waals surface area contributed by atoms with Gasteiger partial charge >= 0.3 is 0 Å². The fraction of sp³-hybridized carbons (Fsp3) is 0.211. The highest BCUT2D eigenvalue weighted by Gasteiger charge is 2.19. The van der Waals surface area contributed by atoms with Gasteiger partial charge in [-0.05, 0) is 36.8 Å². The van der Waals surface area contributed by atoms with Crippen LogP contribution in [-0.2, 0) is 16.0 Å². The minimum absolute atomic E-state index is 0.191. The second kappa shape index (κ2) is 8.10. The molecule has 0 aromatic heterocycles. The van der Waals surface area contributed by atoms with Gasteiger partial charge in [-0.15, -0.1) is 0 Å². The van der Waals surface area contributed by atoms with E-state index in [2.05, 4.69) is 10.6 Å². The maximum atomic E-state index is 12.3. The number of hydrogen-bond acceptors (Lipinski definition) is 3. The first kappa shape index (κ1) is 18.2. The lowest BCUT2D eigenvalue weighted by atomic mass is 10.0. The minimum atomic E-state index is -0.801. The van der Waals surface area contributed by atoms with Crippen molar-refractivity contribution in [1.82, 2.24) is 5.32 Å². The number of amides is 3. The average molecular weight is 339 g/mol. The van der Waals surface area contributed by atoms with Crippen molar-refractivity contribution in [1.29, 1.82) is 0 Å². The number of hydrogen-bond donors (Lipinski definition) is 3. The Bertz CT molecular complexity index is 768. The molecule has 0 aliphatic heterocycles. The summed E-state index contributed by atoms with van der Waals surface area (Å²) >= 11 is 0. The number of nitrogens with one attached hydrogen (secondary N) is 2. The Morgan fingerprint density at radius 3 is 2.12 bits per heavy atom. The number of anilines is 1. The topological polar surface area (TPSA) is 101 Å². The lowest BCUT2D eigenvalue weighted by Crippen LogP contribution is -2.45. The highest BCUT2D eigenvalue weighted by Crippen LogP contribution is 2.11. The lowest BCUT2D eigenvalue weighted by Gasteiger charge is -2.16. The fourth-order valence-corrected chi connectivity index (χ4v) is 2.33. The minimum Gasteiger partial charge on any atom is -0.368 e. The van der Waals surface area contributed by atoms with E-state index in [0.29, 0.717) is 17.7 Å². The monoisotopic (exact) mass is 339 g/mol. The van der Waals surface area contributed by atoms with Crippen LogP contribution in [0.4, 0.5) is 5.69 Å². The van der Waals surface area contributed by atoms with Gasteiger partial charge in [0, 0.05) is 24.6 Å². The van der Waals surface area contributed by atoms with Crippen LogP contribution in [-0.4, -0.2) is 23.8 Å². The van der Waals surface area contributed by atoms with E-state index in [9.17, 15) is 14.4 Å². The molecule has 0 saturated carbocycles. The molecule has 0 saturated heterocycles. The summed E-state index contributed by atoms with van der Waals surface area (Å²) in [5.41, 5.74) is 8.42. The standard InChI is InChI=1S/C19H21N3O3/c1-12-3-5-14(6-4-12)11-17(18(20)24)22-19(25)15-7-9-16(10-8-15)21-13(2)23/h3-10,17H,11H2,1-2H3,(H2,20,24)(H,21,23)(H,22,25)/t17-/m0/s1. The zero-order chi connectivity index (χ0) is 18.4. The molecular weight excluding hydrogens is 318 g/mol. The number of carbonyl (C=O) groups excluding carboxylic acids is 3. The van der Waals surface area contributed by atoms with Gasteiger partial charge in [-0.2, -0.15) is 0 Å². The third kappa shape index (κ3) is 5.46. The quantitative estimate of drug-likeness (QED) is 0.747. The van der Waals surface area contributed by atoms with Gasteiger partial charge in [0.2, 0.25) is 11.8 Å². The first-order valence-corrected chi connectivity index (χ1v) is 7.88. The zero-order valence-corrected chi connectivity index (χ0v) is 14.2. The maximum absolute atomic E-state index is 12.3. The fourth-order valence-electron chi connectivity index (χ4n) is 2.33. The van der Waals surface area contributed by atoms with Gasteiger partial charge in [0.1, 0.15) is 6.04 Å². The van der Waals surface area contributed by atoms with E-state index in [1.165, 1.54) is 6.92 Å². The van der Waals surface area contributed by atoms with E-state index in [0.717, 1.165) is 11.1 Å². The Morgan fingerprint density at radius 1 is 1.00 bits per heavy atom. The largest absolute Gasteiger partial charge is 0.368 e. The van der Waals surface area contributed by atoms with Crippen LogP contribution < -0.4 is 16.4 Å². The molecule has 2 aromatic rings. The zero-order valence-electron chi connectivity index (χ0n) is 14.2. The van der Waals surface area contributed by atoms with E-state index in [1.807, 2.05) is 31.2 Å². The van der Waals surface area contributed by atoms with Crippen LogP contribution in [0.3, 0.4) is 0 Å². The van der Waals surface area contributed by atoms with Gasteiger partial charge in [-0.3, -0.25) is 14.4 Å². The summed E-state index contributed by atoms with van der Waals surface area (Å²) in [5.74, 6) is -1.18. The number of rotatable bonds is 6. The summed E-state index contributed by atoms with van der Waals surface area (Å²) in [6.07, 6.45) is 0.325. The molecule has 0 aliphatic rings. The molecule has 0 fully saturated rings. The highest BCUT2D eigenvalue weighted by atomic mass is 16.2. The van der Waals surface area contributed by atoms with Crippen LogP contribution in [0.25, 0.3) is 0 Å². The summed E-state index contributed by atoms with van der Waals surface area (Å²) < 4.78 is 0. The average Bonchev–Trinajstić information content (AvgIpc) is 2.56. The van der Waals surface area contributed by atoms with Gasteiger partial charge in [0.25, 0.3) is 5.91 Å². The molecule has 1 atom stereocenters. The Hall–Kier alpha value is -3.15. The van der Waals surface area contributed by atoms with Crippen LogP contribution in [0.2, 0.25) is 0 Å². The van der Waals surface area contributed by atoms with Crippen molar-refractivity contribution in [3.8, 4) is 0 Å². The van der Waals surface area contributed by atoms with Crippen LogP contribution in [0.15, 0.2) is 48.5 Å².